The van der Waals surface area contributed by atoms with Gasteiger partial charge in [0.2, 0.25) is 0 Å². The zero-order valence-corrected chi connectivity index (χ0v) is 15.1. The average Bonchev–Trinajstić information content (AvgIpc) is 3.41. The summed E-state index contributed by atoms with van der Waals surface area (Å²) >= 11 is 0. The van der Waals surface area contributed by atoms with E-state index in [0.717, 1.165) is 24.9 Å². The molecule has 1 saturated carbocycles. The van der Waals surface area contributed by atoms with Crippen LogP contribution in [0.4, 0.5) is 4.79 Å². The highest BCUT2D eigenvalue weighted by Crippen LogP contribution is 2.47. The number of carbonyl (C=O) groups is 1. The van der Waals surface area contributed by atoms with Crippen molar-refractivity contribution in [1.82, 2.24) is 15.5 Å². The molecule has 2 N–H and O–H groups in total. The molecular weight excluding hydrogens is 310 g/mol. The fourth-order valence-corrected chi connectivity index (χ4v) is 3.13. The van der Waals surface area contributed by atoms with Crippen molar-refractivity contribution in [3.05, 3.63) is 71.3 Å². The predicted octanol–water partition coefficient (Wildman–Crippen LogP) is 3.28. The highest BCUT2D eigenvalue weighted by atomic mass is 16.2. The fraction of sp³-hybridized carbons (Fsp3) is 0.381. The monoisotopic (exact) mass is 337 g/mol. The van der Waals surface area contributed by atoms with Crippen LogP contribution in [0.1, 0.15) is 29.5 Å². The van der Waals surface area contributed by atoms with Crippen molar-refractivity contribution in [2.45, 2.75) is 31.3 Å². The van der Waals surface area contributed by atoms with Crippen molar-refractivity contribution in [3.8, 4) is 0 Å². The molecule has 0 spiro atoms. The van der Waals surface area contributed by atoms with Gasteiger partial charge in [0.05, 0.1) is 0 Å². The van der Waals surface area contributed by atoms with E-state index in [4.69, 9.17) is 0 Å². The SMILES string of the molecule is CN(C)Cc1ccc(CNC(=O)NCC2(c3ccccc3)CC2)cc1. The average molecular weight is 337 g/mol. The molecule has 3 rings (SSSR count). The molecule has 2 aromatic rings. The Labute approximate surface area is 150 Å². The van der Waals surface area contributed by atoms with E-state index in [9.17, 15) is 4.79 Å². The first kappa shape index (κ1) is 17.5. The van der Waals surface area contributed by atoms with Crippen LogP contribution in [0.25, 0.3) is 0 Å². The van der Waals surface area contributed by atoms with Gasteiger partial charge >= 0.3 is 6.03 Å². The third-order valence-corrected chi connectivity index (χ3v) is 4.80. The molecule has 0 unspecified atom stereocenters. The maximum atomic E-state index is 12.1. The Balaban J connectivity index is 1.44. The fourth-order valence-electron chi connectivity index (χ4n) is 3.13. The molecule has 1 aliphatic rings. The molecule has 0 heterocycles. The maximum absolute atomic E-state index is 12.1. The van der Waals surface area contributed by atoms with E-state index in [1.807, 2.05) is 6.07 Å². The van der Waals surface area contributed by atoms with Gasteiger partial charge in [0.1, 0.15) is 0 Å². The van der Waals surface area contributed by atoms with Gasteiger partial charge in [0.25, 0.3) is 0 Å². The van der Waals surface area contributed by atoms with Crippen LogP contribution in [0.3, 0.4) is 0 Å². The topological polar surface area (TPSA) is 44.4 Å². The first-order valence-electron chi connectivity index (χ1n) is 8.87. The van der Waals surface area contributed by atoms with Crippen LogP contribution in [-0.4, -0.2) is 31.6 Å². The molecule has 2 amide bonds. The molecule has 25 heavy (non-hydrogen) atoms. The second-order valence-corrected chi connectivity index (χ2v) is 7.24. The van der Waals surface area contributed by atoms with E-state index in [1.165, 1.54) is 11.1 Å². The van der Waals surface area contributed by atoms with Crippen LogP contribution in [0.15, 0.2) is 54.6 Å². The second-order valence-electron chi connectivity index (χ2n) is 7.24. The van der Waals surface area contributed by atoms with Gasteiger partial charge in [0, 0.05) is 25.0 Å². The molecule has 1 fully saturated rings. The molecule has 0 atom stereocenters. The van der Waals surface area contributed by atoms with E-state index >= 15 is 0 Å². The smallest absolute Gasteiger partial charge is 0.315 e. The minimum atomic E-state index is -0.0976. The molecule has 0 bridgehead atoms. The lowest BCUT2D eigenvalue weighted by Crippen LogP contribution is -2.39. The molecule has 132 valence electrons. The summed E-state index contributed by atoms with van der Waals surface area (Å²) in [6, 6.07) is 18.8. The van der Waals surface area contributed by atoms with Crippen LogP contribution in [0.5, 0.6) is 0 Å². The Morgan fingerprint density at radius 3 is 2.20 bits per heavy atom. The van der Waals surface area contributed by atoms with Crippen LogP contribution in [0.2, 0.25) is 0 Å². The van der Waals surface area contributed by atoms with Gasteiger partial charge in [-0.1, -0.05) is 54.6 Å². The van der Waals surface area contributed by atoms with E-state index in [1.54, 1.807) is 0 Å². The number of urea groups is 1. The third-order valence-electron chi connectivity index (χ3n) is 4.80. The summed E-state index contributed by atoms with van der Waals surface area (Å²) in [4.78, 5) is 14.2. The molecular formula is C21H27N3O. The Bertz CT molecular complexity index is 691. The molecule has 1 aliphatic carbocycles. The zero-order chi connectivity index (χ0) is 17.7. The van der Waals surface area contributed by atoms with Crippen LogP contribution in [-0.2, 0) is 18.5 Å². The van der Waals surface area contributed by atoms with Gasteiger partial charge in [-0.2, -0.15) is 0 Å². The first-order valence-corrected chi connectivity index (χ1v) is 8.87. The van der Waals surface area contributed by atoms with Gasteiger partial charge in [-0.15, -0.1) is 0 Å². The van der Waals surface area contributed by atoms with Crippen molar-refractivity contribution in [2.75, 3.05) is 20.6 Å². The van der Waals surface area contributed by atoms with E-state index in [2.05, 4.69) is 78.2 Å². The molecule has 4 heteroatoms. The first-order chi connectivity index (χ1) is 12.1. The summed E-state index contributed by atoms with van der Waals surface area (Å²) in [7, 11) is 4.11. The minimum Gasteiger partial charge on any atom is -0.337 e. The number of carbonyl (C=O) groups excluding carboxylic acids is 1. The number of amides is 2. The molecule has 0 aromatic heterocycles. The quantitative estimate of drug-likeness (QED) is 0.814. The van der Waals surface area contributed by atoms with Crippen LogP contribution >= 0.6 is 0 Å². The molecule has 0 saturated heterocycles. The molecule has 2 aromatic carbocycles. The maximum Gasteiger partial charge on any atom is 0.315 e. The number of rotatable bonds is 7. The summed E-state index contributed by atoms with van der Waals surface area (Å²) in [6.07, 6.45) is 2.29. The van der Waals surface area contributed by atoms with E-state index in [-0.39, 0.29) is 11.4 Å². The lowest BCUT2D eigenvalue weighted by Gasteiger charge is -2.17. The lowest BCUT2D eigenvalue weighted by molar-refractivity contribution is 0.239. The van der Waals surface area contributed by atoms with Gasteiger partial charge in [-0.3, -0.25) is 0 Å². The van der Waals surface area contributed by atoms with Gasteiger partial charge in [0.15, 0.2) is 0 Å². The number of nitrogens with one attached hydrogen (secondary N) is 2. The Morgan fingerprint density at radius 2 is 1.60 bits per heavy atom. The van der Waals surface area contributed by atoms with Crippen molar-refractivity contribution in [2.24, 2.45) is 0 Å². The Hall–Kier alpha value is -2.33. The molecule has 0 radical (unpaired) electrons. The summed E-state index contributed by atoms with van der Waals surface area (Å²) < 4.78 is 0. The minimum absolute atomic E-state index is 0.0976. The molecule has 4 nitrogen and oxygen atoms in total. The van der Waals surface area contributed by atoms with Gasteiger partial charge in [-0.25, -0.2) is 4.79 Å². The normalized spacial score (nSPS) is 15.0. The van der Waals surface area contributed by atoms with Gasteiger partial charge in [-0.05, 0) is 43.6 Å². The standard InChI is InChI=1S/C21H27N3O/c1-24(2)15-18-10-8-17(9-11-18)14-22-20(25)23-16-21(12-13-21)19-6-4-3-5-7-19/h3-11H,12-16H2,1-2H3,(H2,22,23,25). The summed E-state index contributed by atoms with van der Waals surface area (Å²) in [5.74, 6) is 0. The van der Waals surface area contributed by atoms with Crippen molar-refractivity contribution in [1.29, 1.82) is 0 Å². The second kappa shape index (κ2) is 7.70. The summed E-state index contributed by atoms with van der Waals surface area (Å²) in [5.41, 5.74) is 3.86. The van der Waals surface area contributed by atoms with Gasteiger partial charge < -0.3 is 15.5 Å². The van der Waals surface area contributed by atoms with Crippen LogP contribution < -0.4 is 10.6 Å². The summed E-state index contributed by atoms with van der Waals surface area (Å²) in [5, 5.41) is 5.99. The number of hydrogen-bond donors (Lipinski definition) is 2. The number of hydrogen-bond acceptors (Lipinski definition) is 2. The third kappa shape index (κ3) is 4.83. The van der Waals surface area contributed by atoms with E-state index < -0.39 is 0 Å². The molecule has 0 aliphatic heterocycles. The lowest BCUT2D eigenvalue weighted by atomic mass is 9.96. The zero-order valence-electron chi connectivity index (χ0n) is 15.1. The van der Waals surface area contributed by atoms with Crippen molar-refractivity contribution < 1.29 is 4.79 Å². The van der Waals surface area contributed by atoms with Crippen LogP contribution in [0, 0.1) is 0 Å². The highest BCUT2D eigenvalue weighted by molar-refractivity contribution is 5.74. The Morgan fingerprint density at radius 1 is 0.960 bits per heavy atom. The van der Waals surface area contributed by atoms with Crippen molar-refractivity contribution >= 4 is 6.03 Å². The van der Waals surface area contributed by atoms with E-state index in [0.29, 0.717) is 13.1 Å². The number of benzene rings is 2. The number of nitrogens with zero attached hydrogens (tertiary/aromatic N) is 1. The van der Waals surface area contributed by atoms with Crippen molar-refractivity contribution in [3.63, 3.8) is 0 Å². The largest absolute Gasteiger partial charge is 0.337 e. The summed E-state index contributed by atoms with van der Waals surface area (Å²) in [6.45, 7) is 2.17. The Kier molecular flexibility index (Phi) is 5.39. The predicted molar refractivity (Wildman–Crippen MR) is 101 cm³/mol. The highest BCUT2D eigenvalue weighted by Gasteiger charge is 2.44.